The van der Waals surface area contributed by atoms with E-state index in [4.69, 9.17) is 4.74 Å². The first-order valence-electron chi connectivity index (χ1n) is 8.04. The van der Waals surface area contributed by atoms with Gasteiger partial charge >= 0.3 is 0 Å². The van der Waals surface area contributed by atoms with Gasteiger partial charge in [-0.2, -0.15) is 0 Å². The quantitative estimate of drug-likeness (QED) is 0.851. The van der Waals surface area contributed by atoms with Crippen LogP contribution < -0.4 is 0 Å². The third-order valence-electron chi connectivity index (χ3n) is 5.02. The van der Waals surface area contributed by atoms with E-state index in [-0.39, 0.29) is 11.6 Å². The van der Waals surface area contributed by atoms with Crippen molar-refractivity contribution in [2.24, 2.45) is 11.8 Å². The minimum absolute atomic E-state index is 0.0910. The molecule has 3 atom stereocenters. The summed E-state index contributed by atoms with van der Waals surface area (Å²) in [5.74, 6) is 1.30. The minimum Gasteiger partial charge on any atom is -0.393 e. The van der Waals surface area contributed by atoms with E-state index < -0.39 is 0 Å². The fourth-order valence-corrected chi connectivity index (χ4v) is 3.72. The molecule has 1 aliphatic heterocycles. The first-order valence-corrected chi connectivity index (χ1v) is 8.04. The zero-order valence-electron chi connectivity index (χ0n) is 12.9. The van der Waals surface area contributed by atoms with E-state index in [1.807, 2.05) is 0 Å². The zero-order chi connectivity index (χ0) is 13.9. The topological polar surface area (TPSA) is 32.7 Å². The van der Waals surface area contributed by atoms with Gasteiger partial charge in [0.05, 0.1) is 19.3 Å². The minimum atomic E-state index is -0.0910. The van der Waals surface area contributed by atoms with E-state index in [9.17, 15) is 5.11 Å². The summed E-state index contributed by atoms with van der Waals surface area (Å²) in [6.45, 7) is 10.5. The molecule has 1 aliphatic carbocycles. The lowest BCUT2D eigenvalue weighted by atomic mass is 9.77. The van der Waals surface area contributed by atoms with Crippen molar-refractivity contribution in [3.8, 4) is 0 Å². The number of hydrogen-bond acceptors (Lipinski definition) is 3. The highest BCUT2D eigenvalue weighted by atomic mass is 16.5. The van der Waals surface area contributed by atoms with Crippen LogP contribution in [0.2, 0.25) is 0 Å². The molecular formula is C16H31NO2. The molecule has 1 N–H and O–H groups in total. The molecule has 1 saturated carbocycles. The molecule has 2 fully saturated rings. The van der Waals surface area contributed by atoms with E-state index in [0.717, 1.165) is 38.6 Å². The van der Waals surface area contributed by atoms with Crippen LogP contribution in [0.5, 0.6) is 0 Å². The van der Waals surface area contributed by atoms with Crippen LogP contribution in [0.1, 0.15) is 52.9 Å². The standard InChI is InChI=1S/C16H31NO2/c1-4-5-13-6-7-15(18)14(10-13)11-17-8-9-19-12-16(17,2)3/h13-15,18H,4-12H2,1-3H3. The molecule has 0 aromatic carbocycles. The molecule has 2 aliphatic rings. The molecule has 112 valence electrons. The van der Waals surface area contributed by atoms with Crippen molar-refractivity contribution in [2.45, 2.75) is 64.5 Å². The fourth-order valence-electron chi connectivity index (χ4n) is 3.72. The number of nitrogens with zero attached hydrogens (tertiary/aromatic N) is 1. The Morgan fingerprint density at radius 2 is 2.11 bits per heavy atom. The van der Waals surface area contributed by atoms with Crippen molar-refractivity contribution in [2.75, 3.05) is 26.3 Å². The average molecular weight is 269 g/mol. The van der Waals surface area contributed by atoms with Crippen LogP contribution in [0.15, 0.2) is 0 Å². The van der Waals surface area contributed by atoms with E-state index in [1.165, 1.54) is 25.7 Å². The summed E-state index contributed by atoms with van der Waals surface area (Å²) < 4.78 is 5.59. The number of aliphatic hydroxyl groups is 1. The maximum Gasteiger partial charge on any atom is 0.0645 e. The first kappa shape index (κ1) is 15.3. The normalized spacial score (nSPS) is 36.3. The Kier molecular flexibility index (Phi) is 5.27. The molecule has 0 aromatic heterocycles. The van der Waals surface area contributed by atoms with Gasteiger partial charge in [0.25, 0.3) is 0 Å². The van der Waals surface area contributed by atoms with Crippen molar-refractivity contribution < 1.29 is 9.84 Å². The van der Waals surface area contributed by atoms with Crippen molar-refractivity contribution in [1.29, 1.82) is 0 Å². The van der Waals surface area contributed by atoms with E-state index in [1.54, 1.807) is 0 Å². The summed E-state index contributed by atoms with van der Waals surface area (Å²) in [6.07, 6.45) is 5.94. The zero-order valence-corrected chi connectivity index (χ0v) is 12.9. The van der Waals surface area contributed by atoms with Gasteiger partial charge in [0.2, 0.25) is 0 Å². The third kappa shape index (κ3) is 3.93. The molecule has 3 unspecified atom stereocenters. The Hall–Kier alpha value is -0.120. The highest BCUT2D eigenvalue weighted by molar-refractivity contribution is 4.89. The molecule has 0 radical (unpaired) electrons. The van der Waals surface area contributed by atoms with Crippen LogP contribution in [0.4, 0.5) is 0 Å². The van der Waals surface area contributed by atoms with E-state index in [2.05, 4.69) is 25.7 Å². The van der Waals surface area contributed by atoms with Crippen LogP contribution in [0.3, 0.4) is 0 Å². The van der Waals surface area contributed by atoms with Crippen LogP contribution in [0.25, 0.3) is 0 Å². The second kappa shape index (κ2) is 6.55. The Bertz CT molecular complexity index is 280. The molecule has 0 bridgehead atoms. The first-order chi connectivity index (χ1) is 9.03. The van der Waals surface area contributed by atoms with Gasteiger partial charge in [-0.1, -0.05) is 19.8 Å². The van der Waals surface area contributed by atoms with Crippen LogP contribution >= 0.6 is 0 Å². The largest absolute Gasteiger partial charge is 0.393 e. The number of aliphatic hydroxyl groups excluding tert-OH is 1. The highest BCUT2D eigenvalue weighted by Gasteiger charge is 2.36. The van der Waals surface area contributed by atoms with Crippen molar-refractivity contribution in [3.05, 3.63) is 0 Å². The number of rotatable bonds is 4. The Labute approximate surface area is 118 Å². The Morgan fingerprint density at radius 3 is 2.79 bits per heavy atom. The molecule has 0 spiro atoms. The molecule has 0 amide bonds. The van der Waals surface area contributed by atoms with Crippen molar-refractivity contribution >= 4 is 0 Å². The molecule has 3 heteroatoms. The van der Waals surface area contributed by atoms with Gasteiger partial charge in [0.1, 0.15) is 0 Å². The number of morpholine rings is 1. The molecular weight excluding hydrogens is 238 g/mol. The molecule has 1 saturated heterocycles. The lowest BCUT2D eigenvalue weighted by Crippen LogP contribution is -2.55. The summed E-state index contributed by atoms with van der Waals surface area (Å²) in [7, 11) is 0. The van der Waals surface area contributed by atoms with Gasteiger partial charge in [0.15, 0.2) is 0 Å². The molecule has 3 nitrogen and oxygen atoms in total. The van der Waals surface area contributed by atoms with E-state index in [0.29, 0.717) is 5.92 Å². The van der Waals surface area contributed by atoms with Gasteiger partial charge in [-0.05, 0) is 44.9 Å². The second-order valence-corrected chi connectivity index (χ2v) is 7.11. The lowest BCUT2D eigenvalue weighted by molar-refractivity contribution is -0.0732. The van der Waals surface area contributed by atoms with Crippen LogP contribution in [-0.2, 0) is 4.74 Å². The van der Waals surface area contributed by atoms with Gasteiger partial charge in [-0.25, -0.2) is 0 Å². The van der Waals surface area contributed by atoms with Gasteiger partial charge in [-0.15, -0.1) is 0 Å². The third-order valence-corrected chi connectivity index (χ3v) is 5.02. The average Bonchev–Trinajstić information content (AvgIpc) is 2.36. The highest BCUT2D eigenvalue weighted by Crippen LogP contribution is 2.34. The Morgan fingerprint density at radius 1 is 1.32 bits per heavy atom. The van der Waals surface area contributed by atoms with Crippen molar-refractivity contribution in [3.63, 3.8) is 0 Å². The molecule has 1 heterocycles. The van der Waals surface area contributed by atoms with Gasteiger partial charge in [0, 0.05) is 18.6 Å². The molecule has 0 aromatic rings. The monoisotopic (exact) mass is 269 g/mol. The predicted molar refractivity (Wildman–Crippen MR) is 78.2 cm³/mol. The number of hydrogen-bond donors (Lipinski definition) is 1. The maximum absolute atomic E-state index is 10.3. The Balaban J connectivity index is 1.92. The van der Waals surface area contributed by atoms with Crippen LogP contribution in [0, 0.1) is 11.8 Å². The summed E-state index contributed by atoms with van der Waals surface area (Å²) in [5.41, 5.74) is 0.121. The smallest absolute Gasteiger partial charge is 0.0645 e. The van der Waals surface area contributed by atoms with E-state index >= 15 is 0 Å². The summed E-state index contributed by atoms with van der Waals surface area (Å²) in [6, 6.07) is 0. The van der Waals surface area contributed by atoms with Crippen LogP contribution in [-0.4, -0.2) is 48.0 Å². The predicted octanol–water partition coefficient (Wildman–Crippen LogP) is 2.67. The lowest BCUT2D eigenvalue weighted by Gasteiger charge is -2.45. The van der Waals surface area contributed by atoms with Gasteiger partial charge in [-0.3, -0.25) is 4.90 Å². The summed E-state index contributed by atoms with van der Waals surface area (Å²) >= 11 is 0. The summed E-state index contributed by atoms with van der Waals surface area (Å²) in [5, 5.41) is 10.3. The number of ether oxygens (including phenoxy) is 1. The van der Waals surface area contributed by atoms with Gasteiger partial charge < -0.3 is 9.84 Å². The molecule has 2 rings (SSSR count). The maximum atomic E-state index is 10.3. The fraction of sp³-hybridized carbons (Fsp3) is 1.00. The van der Waals surface area contributed by atoms with Crippen molar-refractivity contribution in [1.82, 2.24) is 4.90 Å². The molecule has 19 heavy (non-hydrogen) atoms. The SMILES string of the molecule is CCCC1CCC(O)C(CN2CCOCC2(C)C)C1. The summed E-state index contributed by atoms with van der Waals surface area (Å²) in [4.78, 5) is 2.53. The second-order valence-electron chi connectivity index (χ2n) is 7.11.